The Morgan fingerprint density at radius 3 is 2.47 bits per heavy atom. The van der Waals surface area contributed by atoms with Crippen molar-refractivity contribution in [1.82, 2.24) is 23.6 Å². The minimum absolute atomic E-state index is 0.194. The fourth-order valence-corrected chi connectivity index (χ4v) is 5.88. The van der Waals surface area contributed by atoms with Crippen LogP contribution in [-0.2, 0) is 28.4 Å². The Hall–Kier alpha value is -3.05. The molecule has 1 fully saturated rings. The first-order valence-electron chi connectivity index (χ1n) is 10.4. The van der Waals surface area contributed by atoms with Gasteiger partial charge in [-0.15, -0.1) is 0 Å². The number of aryl methyl sites for hydroxylation is 1. The van der Waals surface area contributed by atoms with Crippen LogP contribution in [0.1, 0.15) is 20.3 Å². The number of hydrogen-bond donors (Lipinski definition) is 1. The summed E-state index contributed by atoms with van der Waals surface area (Å²) in [5, 5.41) is 7.02. The second kappa shape index (κ2) is 8.47. The first kappa shape index (κ1) is 22.2. The summed E-state index contributed by atoms with van der Waals surface area (Å²) >= 11 is 0. The van der Waals surface area contributed by atoms with Crippen LogP contribution in [0.25, 0.3) is 11.0 Å². The van der Waals surface area contributed by atoms with Crippen LogP contribution < -0.4 is 10.9 Å². The van der Waals surface area contributed by atoms with E-state index in [1.54, 1.807) is 19.2 Å². The molecule has 4 rings (SSSR count). The molecule has 2 aromatic heterocycles. The first-order chi connectivity index (χ1) is 15.1. The third-order valence-electron chi connectivity index (χ3n) is 5.64. The zero-order valence-electron chi connectivity index (χ0n) is 18.2. The molecule has 0 saturated carbocycles. The number of fused-ring (bicyclic) bond motifs is 1. The van der Waals surface area contributed by atoms with Crippen LogP contribution in [0.2, 0.25) is 0 Å². The molecule has 11 heteroatoms. The standard InChI is InChI=1S/C21H26N6O4S/c1-14-8-15(2)11-27(10-14)32(30,31)17-6-4-16(5-7-17)24-19(28)12-26-13-22-20-18(21(26)29)9-23-25(20)3/h4-7,9,13-15H,8,10-12H2,1-3H3,(H,24,28). The number of piperidine rings is 1. The molecule has 1 aromatic carbocycles. The third kappa shape index (κ3) is 4.30. The Morgan fingerprint density at radius 1 is 1.16 bits per heavy atom. The van der Waals surface area contributed by atoms with Crippen LogP contribution in [-0.4, -0.2) is 51.1 Å². The summed E-state index contributed by atoms with van der Waals surface area (Å²) in [7, 11) is -1.90. The van der Waals surface area contributed by atoms with Gasteiger partial charge in [0.1, 0.15) is 18.3 Å². The van der Waals surface area contributed by atoms with Gasteiger partial charge in [-0.2, -0.15) is 9.40 Å². The quantitative estimate of drug-likeness (QED) is 0.618. The molecule has 1 amide bonds. The highest BCUT2D eigenvalue weighted by Gasteiger charge is 2.31. The van der Waals surface area contributed by atoms with Gasteiger partial charge in [-0.1, -0.05) is 13.8 Å². The lowest BCUT2D eigenvalue weighted by Crippen LogP contribution is -2.42. The summed E-state index contributed by atoms with van der Waals surface area (Å²) in [6.07, 6.45) is 3.74. The van der Waals surface area contributed by atoms with Crippen molar-refractivity contribution in [3.05, 3.63) is 47.1 Å². The molecule has 2 atom stereocenters. The molecule has 0 aliphatic carbocycles. The predicted octanol–water partition coefficient (Wildman–Crippen LogP) is 1.44. The van der Waals surface area contributed by atoms with Crippen molar-refractivity contribution in [1.29, 1.82) is 0 Å². The van der Waals surface area contributed by atoms with E-state index in [9.17, 15) is 18.0 Å². The number of benzene rings is 1. The van der Waals surface area contributed by atoms with E-state index in [1.165, 1.54) is 38.2 Å². The second-order valence-corrected chi connectivity index (χ2v) is 10.5. The molecule has 2 unspecified atom stereocenters. The number of aromatic nitrogens is 4. The van der Waals surface area contributed by atoms with E-state index < -0.39 is 15.9 Å². The van der Waals surface area contributed by atoms with E-state index in [-0.39, 0.29) is 17.0 Å². The van der Waals surface area contributed by atoms with Crippen molar-refractivity contribution in [3.63, 3.8) is 0 Å². The fourth-order valence-electron chi connectivity index (χ4n) is 4.20. The lowest BCUT2D eigenvalue weighted by Gasteiger charge is -2.34. The number of rotatable bonds is 5. The number of carbonyl (C=O) groups is 1. The summed E-state index contributed by atoms with van der Waals surface area (Å²) in [5.74, 6) is 0.207. The number of nitrogens with one attached hydrogen (secondary N) is 1. The summed E-state index contributed by atoms with van der Waals surface area (Å²) in [6, 6.07) is 6.08. The number of nitrogens with zero attached hydrogens (tertiary/aromatic N) is 5. The van der Waals surface area contributed by atoms with Gasteiger partial charge in [0.05, 0.1) is 11.1 Å². The Labute approximate surface area is 185 Å². The Kier molecular flexibility index (Phi) is 5.87. The lowest BCUT2D eigenvalue weighted by molar-refractivity contribution is -0.116. The fraction of sp³-hybridized carbons (Fsp3) is 0.429. The highest BCUT2D eigenvalue weighted by atomic mass is 32.2. The Bertz CT molecular complexity index is 1300. The molecule has 32 heavy (non-hydrogen) atoms. The molecule has 0 radical (unpaired) electrons. The Morgan fingerprint density at radius 2 is 1.81 bits per heavy atom. The van der Waals surface area contributed by atoms with Crippen LogP contribution in [0.15, 0.2) is 46.5 Å². The van der Waals surface area contributed by atoms with Gasteiger partial charge in [0, 0.05) is 25.8 Å². The molecule has 1 N–H and O–H groups in total. The lowest BCUT2D eigenvalue weighted by atomic mass is 9.94. The van der Waals surface area contributed by atoms with Gasteiger partial charge in [0.25, 0.3) is 5.56 Å². The molecule has 170 valence electrons. The Balaban J connectivity index is 1.45. The van der Waals surface area contributed by atoms with E-state index in [0.717, 1.165) is 6.42 Å². The van der Waals surface area contributed by atoms with Crippen molar-refractivity contribution in [3.8, 4) is 0 Å². The van der Waals surface area contributed by atoms with Crippen LogP contribution in [0.5, 0.6) is 0 Å². The molecular formula is C21H26N6O4S. The molecule has 1 saturated heterocycles. The van der Waals surface area contributed by atoms with Crippen LogP contribution in [0.4, 0.5) is 5.69 Å². The van der Waals surface area contributed by atoms with Crippen molar-refractivity contribution in [2.45, 2.75) is 31.7 Å². The normalized spacial score (nSPS) is 19.8. The van der Waals surface area contributed by atoms with Crippen molar-refractivity contribution in [2.75, 3.05) is 18.4 Å². The van der Waals surface area contributed by atoms with Gasteiger partial charge in [0.15, 0.2) is 5.65 Å². The van der Waals surface area contributed by atoms with E-state index in [0.29, 0.717) is 41.6 Å². The highest BCUT2D eigenvalue weighted by molar-refractivity contribution is 7.89. The topological polar surface area (TPSA) is 119 Å². The number of hydrogen-bond acceptors (Lipinski definition) is 6. The number of amides is 1. The molecule has 1 aliphatic rings. The maximum atomic E-state index is 13.0. The van der Waals surface area contributed by atoms with Gasteiger partial charge in [-0.05, 0) is 42.5 Å². The molecule has 10 nitrogen and oxygen atoms in total. The molecule has 1 aliphatic heterocycles. The smallest absolute Gasteiger partial charge is 0.264 e. The van der Waals surface area contributed by atoms with Crippen LogP contribution in [0.3, 0.4) is 0 Å². The van der Waals surface area contributed by atoms with Gasteiger partial charge < -0.3 is 5.32 Å². The number of anilines is 1. The molecule has 3 heterocycles. The minimum Gasteiger partial charge on any atom is -0.325 e. The van der Waals surface area contributed by atoms with Crippen molar-refractivity contribution < 1.29 is 13.2 Å². The van der Waals surface area contributed by atoms with E-state index in [2.05, 4.69) is 29.2 Å². The average Bonchev–Trinajstić information content (AvgIpc) is 3.11. The largest absolute Gasteiger partial charge is 0.325 e. The van der Waals surface area contributed by atoms with Gasteiger partial charge >= 0.3 is 0 Å². The molecule has 0 bridgehead atoms. The van der Waals surface area contributed by atoms with Crippen molar-refractivity contribution in [2.24, 2.45) is 18.9 Å². The maximum Gasteiger partial charge on any atom is 0.264 e. The number of sulfonamides is 1. The van der Waals surface area contributed by atoms with E-state index >= 15 is 0 Å². The van der Waals surface area contributed by atoms with E-state index in [1.807, 2.05) is 0 Å². The van der Waals surface area contributed by atoms with Crippen LogP contribution >= 0.6 is 0 Å². The zero-order chi connectivity index (χ0) is 23.0. The zero-order valence-corrected chi connectivity index (χ0v) is 19.0. The van der Waals surface area contributed by atoms with E-state index in [4.69, 9.17) is 0 Å². The monoisotopic (exact) mass is 458 g/mol. The summed E-state index contributed by atoms with van der Waals surface area (Å²) in [5.41, 5.74) is 0.531. The van der Waals surface area contributed by atoms with Gasteiger partial charge in [-0.25, -0.2) is 13.4 Å². The maximum absolute atomic E-state index is 13.0. The predicted molar refractivity (Wildman–Crippen MR) is 120 cm³/mol. The van der Waals surface area contributed by atoms with Gasteiger partial charge in [0.2, 0.25) is 15.9 Å². The molecular weight excluding hydrogens is 432 g/mol. The first-order valence-corrected chi connectivity index (χ1v) is 11.9. The molecule has 3 aromatic rings. The van der Waals surface area contributed by atoms with Crippen LogP contribution in [0, 0.1) is 11.8 Å². The number of carbonyl (C=O) groups excluding carboxylic acids is 1. The third-order valence-corrected chi connectivity index (χ3v) is 7.49. The summed E-state index contributed by atoms with van der Waals surface area (Å²) in [6.45, 7) is 4.91. The average molecular weight is 459 g/mol. The molecule has 0 spiro atoms. The highest BCUT2D eigenvalue weighted by Crippen LogP contribution is 2.27. The SMILES string of the molecule is CC1CC(C)CN(S(=O)(=O)c2ccc(NC(=O)Cn3cnc4c(cnn4C)c3=O)cc2)C1. The summed E-state index contributed by atoms with van der Waals surface area (Å²) in [4.78, 5) is 29.3. The second-order valence-electron chi connectivity index (χ2n) is 8.52. The van der Waals surface area contributed by atoms with Crippen molar-refractivity contribution >= 4 is 32.7 Å². The summed E-state index contributed by atoms with van der Waals surface area (Å²) < 4.78 is 30.2. The van der Waals surface area contributed by atoms with Gasteiger partial charge in [-0.3, -0.25) is 18.8 Å². The minimum atomic E-state index is -3.59.